The van der Waals surface area contributed by atoms with Gasteiger partial charge in [-0.1, -0.05) is 0 Å². The molecule has 0 aromatic carbocycles. The second-order valence-electron chi connectivity index (χ2n) is 0.365. The Balaban J connectivity index is -0.0000000213. The van der Waals surface area contributed by atoms with Crippen molar-refractivity contribution < 1.29 is 36.2 Å². The Kier molecular flexibility index (Phi) is 463. The van der Waals surface area contributed by atoms with Gasteiger partial charge in [0.15, 0.2) is 0 Å². The van der Waals surface area contributed by atoms with Gasteiger partial charge in [-0.15, -0.1) is 0 Å². The minimum atomic E-state index is 0. The van der Waals surface area contributed by atoms with Gasteiger partial charge in [0.1, 0.15) is 0 Å². The van der Waals surface area contributed by atoms with Crippen molar-refractivity contribution in [3.63, 3.8) is 0 Å². The predicted octanol–water partition coefficient (Wildman–Crippen LogP) is -0.436. The Bertz CT molecular complexity index is 156. The van der Waals surface area contributed by atoms with E-state index in [1.54, 1.807) is 0 Å². The molecule has 0 amide bonds. The fraction of sp³-hybridized carbons (Fsp3) is 0. The van der Waals surface area contributed by atoms with E-state index in [0.717, 1.165) is 0 Å². The normalized spacial score (nSPS) is 2.46. The first-order valence-electron chi connectivity index (χ1n) is 1.71. The zero-order valence-corrected chi connectivity index (χ0v) is 6.98. The Morgan fingerprint density at radius 1 is 0.538 bits per heavy atom. The Morgan fingerprint density at radius 2 is 0.538 bits per heavy atom. The van der Waals surface area contributed by atoms with E-state index in [9.17, 15) is 0 Å². The molecule has 0 saturated carbocycles. The van der Waals surface area contributed by atoms with Crippen LogP contribution in [0.15, 0.2) is 0 Å². The van der Waals surface area contributed by atoms with Gasteiger partial charge in [0.2, 0.25) is 0 Å². The van der Waals surface area contributed by atoms with E-state index in [0.29, 0.717) is 24.3 Å². The molecule has 13 heavy (non-hydrogen) atoms. The molecule has 8 nitrogen and oxygen atoms in total. The summed E-state index contributed by atoms with van der Waals surface area (Å²) in [5.41, 5.74) is 0. The average Bonchev–Trinajstić information content (AvgIpc) is 1.92. The van der Waals surface area contributed by atoms with Crippen LogP contribution in [0.1, 0.15) is 0 Å². The van der Waals surface area contributed by atoms with Crippen molar-refractivity contribution in [1.82, 2.24) is 0 Å². The van der Waals surface area contributed by atoms with Crippen LogP contribution in [0.25, 0.3) is 21.6 Å². The Hall–Kier alpha value is -1.96. The number of rotatable bonds is 0. The van der Waals surface area contributed by atoms with Gasteiger partial charge >= 0.3 is 17.1 Å². The largest absolute Gasteiger partial charge is 2.00 e. The van der Waals surface area contributed by atoms with E-state index in [4.69, 9.17) is 40.8 Å². The molecule has 0 aliphatic heterocycles. The fourth-order valence-electron chi connectivity index (χ4n) is 0. The number of isocyanates is 4. The standard InChI is InChI=1S/4CNO.Mn/c4*2-1-3;/q4*-1;+2. The van der Waals surface area contributed by atoms with Crippen molar-refractivity contribution in [3.05, 3.63) is 21.6 Å². The van der Waals surface area contributed by atoms with Gasteiger partial charge in [0, 0.05) is 0 Å². The molecule has 0 aromatic rings. The average molecular weight is 223 g/mol. The molecule has 0 fully saturated rings. The topological polar surface area (TPSA) is 157 Å². The summed E-state index contributed by atoms with van der Waals surface area (Å²) in [6.45, 7) is 0. The molecule has 0 spiro atoms. The minimum absolute atomic E-state index is 0. The van der Waals surface area contributed by atoms with E-state index in [-0.39, 0.29) is 17.1 Å². The van der Waals surface area contributed by atoms with Crippen molar-refractivity contribution >= 4 is 24.3 Å². The number of hydrogen-bond donors (Lipinski definition) is 0. The van der Waals surface area contributed by atoms with E-state index >= 15 is 0 Å². The van der Waals surface area contributed by atoms with Crippen molar-refractivity contribution in [2.75, 3.05) is 0 Å². The van der Waals surface area contributed by atoms with Gasteiger partial charge in [-0.2, -0.15) is 0 Å². The number of nitrogens with zero attached hydrogens (tertiary/aromatic N) is 4. The second kappa shape index (κ2) is 197. The monoisotopic (exact) mass is 223 g/mol. The van der Waals surface area contributed by atoms with Crippen LogP contribution >= 0.6 is 0 Å². The number of hydrogen-bond acceptors (Lipinski definition) is 4. The summed E-state index contributed by atoms with van der Waals surface area (Å²) in [6, 6.07) is 0. The van der Waals surface area contributed by atoms with Crippen LogP contribution in [0.3, 0.4) is 0 Å². The molecule has 0 N–H and O–H groups in total. The fourth-order valence-corrected chi connectivity index (χ4v) is 0. The second-order valence-corrected chi connectivity index (χ2v) is 0.365. The Labute approximate surface area is 82.8 Å². The van der Waals surface area contributed by atoms with Crippen molar-refractivity contribution in [1.29, 1.82) is 0 Å². The van der Waals surface area contributed by atoms with Crippen LogP contribution in [0.4, 0.5) is 0 Å². The van der Waals surface area contributed by atoms with Crippen LogP contribution in [-0.4, -0.2) is 24.3 Å². The third-order valence-electron chi connectivity index (χ3n) is 0. The third-order valence-corrected chi connectivity index (χ3v) is 0. The predicted molar refractivity (Wildman–Crippen MR) is 36.2 cm³/mol. The molecule has 0 aliphatic carbocycles. The summed E-state index contributed by atoms with van der Waals surface area (Å²) in [7, 11) is 0. The molecule has 9 heteroatoms. The molecule has 0 heterocycles. The first-order chi connectivity index (χ1) is 5.66. The maximum atomic E-state index is 8.24. The smallest absolute Gasteiger partial charge is 0.724 e. The first-order valence-corrected chi connectivity index (χ1v) is 1.71. The zero-order valence-electron chi connectivity index (χ0n) is 5.80. The number of carbonyl (C=O) groups excluding carboxylic acids is 4. The van der Waals surface area contributed by atoms with Crippen LogP contribution in [0.5, 0.6) is 0 Å². The first kappa shape index (κ1) is 30.5. The summed E-state index contributed by atoms with van der Waals surface area (Å²) < 4.78 is 0. The van der Waals surface area contributed by atoms with Gasteiger partial charge in [-0.25, -0.2) is 0 Å². The summed E-state index contributed by atoms with van der Waals surface area (Å²) in [5.74, 6) is 0. The minimum Gasteiger partial charge on any atom is -0.724 e. The molecule has 0 rings (SSSR count). The molecule has 0 atom stereocenters. The third kappa shape index (κ3) is 169. The summed E-state index contributed by atoms with van der Waals surface area (Å²) in [5, 5.41) is 27.1. The summed E-state index contributed by atoms with van der Waals surface area (Å²) in [4.78, 5) is 32.9. The molecule has 0 saturated heterocycles. The van der Waals surface area contributed by atoms with E-state index in [1.165, 1.54) is 0 Å². The Morgan fingerprint density at radius 3 is 0.538 bits per heavy atom. The zero-order chi connectivity index (χ0) is 10.8. The van der Waals surface area contributed by atoms with E-state index < -0.39 is 0 Å². The van der Waals surface area contributed by atoms with Crippen LogP contribution < -0.4 is 0 Å². The maximum Gasteiger partial charge on any atom is 2.00 e. The maximum absolute atomic E-state index is 8.24. The molecule has 1 radical (unpaired) electrons. The van der Waals surface area contributed by atoms with Crippen molar-refractivity contribution in [2.45, 2.75) is 0 Å². The van der Waals surface area contributed by atoms with Crippen LogP contribution in [-0.2, 0) is 36.2 Å². The van der Waals surface area contributed by atoms with Crippen molar-refractivity contribution in [2.24, 2.45) is 0 Å². The van der Waals surface area contributed by atoms with E-state index in [1.807, 2.05) is 0 Å². The molecular formula is C4MnN4O4-2. The molecule has 69 valence electrons. The SMILES string of the molecule is [Mn+2].[N-]=C=O.[N-]=C=O.[N-]=C=O.[N-]=C=O. The molecule has 0 unspecified atom stereocenters. The quantitative estimate of drug-likeness (QED) is 0.309. The van der Waals surface area contributed by atoms with Gasteiger partial charge in [0.25, 0.3) is 0 Å². The van der Waals surface area contributed by atoms with Crippen LogP contribution in [0.2, 0.25) is 0 Å². The van der Waals surface area contributed by atoms with Crippen molar-refractivity contribution in [3.8, 4) is 0 Å². The molecule has 0 aliphatic rings. The molecular weight excluding hydrogens is 223 g/mol. The molecule has 0 aromatic heterocycles. The summed E-state index contributed by atoms with van der Waals surface area (Å²) in [6.07, 6.45) is 2.00. The van der Waals surface area contributed by atoms with Gasteiger partial charge in [-0.3, -0.25) is 19.2 Å². The van der Waals surface area contributed by atoms with Gasteiger partial charge in [-0.05, 0) is 24.3 Å². The van der Waals surface area contributed by atoms with E-state index in [2.05, 4.69) is 0 Å². The summed E-state index contributed by atoms with van der Waals surface area (Å²) >= 11 is 0. The molecule has 0 bridgehead atoms. The van der Waals surface area contributed by atoms with Gasteiger partial charge < -0.3 is 21.6 Å². The van der Waals surface area contributed by atoms with Gasteiger partial charge in [0.05, 0.1) is 0 Å². The van der Waals surface area contributed by atoms with Crippen LogP contribution in [0, 0.1) is 0 Å².